The molecule has 3 aromatic heterocycles. The fraction of sp³-hybridized carbons (Fsp3) is 0.261. The fourth-order valence-corrected chi connectivity index (χ4v) is 5.17. The Labute approximate surface area is 186 Å². The maximum atomic E-state index is 15.7. The number of hydrogen-bond donors (Lipinski definition) is 1. The Bertz CT molecular complexity index is 1190. The maximum absolute atomic E-state index is 15.7. The van der Waals surface area contributed by atoms with Crippen molar-refractivity contribution in [3.63, 3.8) is 0 Å². The first-order valence-corrected chi connectivity index (χ1v) is 11.9. The lowest BCUT2D eigenvalue weighted by Gasteiger charge is -2.23. The summed E-state index contributed by atoms with van der Waals surface area (Å²) in [7, 11) is 0. The highest BCUT2D eigenvalue weighted by Crippen LogP contribution is 2.35. The van der Waals surface area contributed by atoms with Gasteiger partial charge in [0.15, 0.2) is 6.17 Å². The number of hydrogen-bond acceptors (Lipinski definition) is 6. The molecule has 0 spiro atoms. The first kappa shape index (κ1) is 20.2. The Hall–Kier alpha value is -2.68. The van der Waals surface area contributed by atoms with E-state index >= 15 is 4.39 Å². The van der Waals surface area contributed by atoms with Gasteiger partial charge in [0, 0.05) is 35.8 Å². The average molecular weight is 454 g/mol. The molecular weight excluding hydrogens is 433 g/mol. The van der Waals surface area contributed by atoms with Crippen molar-refractivity contribution in [1.29, 1.82) is 0 Å². The van der Waals surface area contributed by atoms with Gasteiger partial charge in [-0.25, -0.2) is 14.4 Å². The molecule has 0 saturated carbocycles. The summed E-state index contributed by atoms with van der Waals surface area (Å²) in [5, 5.41) is 6.85. The van der Waals surface area contributed by atoms with Crippen molar-refractivity contribution in [2.45, 2.75) is 25.1 Å². The van der Waals surface area contributed by atoms with Crippen LogP contribution in [0.1, 0.15) is 40.6 Å². The molecule has 1 atom stereocenters. The van der Waals surface area contributed by atoms with Gasteiger partial charge < -0.3 is 10.1 Å². The minimum absolute atomic E-state index is 0.0594. The zero-order valence-electron chi connectivity index (χ0n) is 16.6. The molecule has 5 nitrogen and oxygen atoms in total. The number of amides is 1. The number of nitrogens with one attached hydrogen (secondary N) is 1. The molecule has 4 aromatic rings. The quantitative estimate of drug-likeness (QED) is 0.440. The van der Waals surface area contributed by atoms with Crippen molar-refractivity contribution >= 4 is 38.8 Å². The third-order valence-corrected chi connectivity index (χ3v) is 6.97. The molecule has 4 heterocycles. The number of thiophene rings is 1. The molecular formula is C23H20FN3O2S2. The number of nitrogens with zero attached hydrogens (tertiary/aromatic N) is 2. The van der Waals surface area contributed by atoms with Crippen LogP contribution in [0.2, 0.25) is 0 Å². The van der Waals surface area contributed by atoms with Crippen LogP contribution < -0.4 is 5.32 Å². The van der Waals surface area contributed by atoms with Crippen molar-refractivity contribution < 1.29 is 13.9 Å². The number of thiazole rings is 1. The third-order valence-electron chi connectivity index (χ3n) is 5.43. The first-order valence-electron chi connectivity index (χ1n) is 10.1. The van der Waals surface area contributed by atoms with E-state index in [0.29, 0.717) is 29.9 Å². The van der Waals surface area contributed by atoms with E-state index in [-0.39, 0.29) is 17.6 Å². The van der Waals surface area contributed by atoms with Crippen LogP contribution in [0.3, 0.4) is 0 Å². The molecule has 1 aliphatic rings. The van der Waals surface area contributed by atoms with E-state index < -0.39 is 6.17 Å². The number of halogens is 1. The van der Waals surface area contributed by atoms with Gasteiger partial charge in [-0.1, -0.05) is 24.3 Å². The van der Waals surface area contributed by atoms with Crippen LogP contribution >= 0.6 is 22.7 Å². The maximum Gasteiger partial charge on any atom is 0.270 e. The number of aromatic nitrogens is 2. The molecule has 0 radical (unpaired) electrons. The minimum atomic E-state index is -1.36. The van der Waals surface area contributed by atoms with E-state index in [1.807, 2.05) is 29.0 Å². The van der Waals surface area contributed by atoms with Gasteiger partial charge in [-0.15, -0.1) is 22.7 Å². The van der Waals surface area contributed by atoms with Gasteiger partial charge in [0.25, 0.3) is 5.91 Å². The van der Waals surface area contributed by atoms with Gasteiger partial charge in [0.1, 0.15) is 5.69 Å². The summed E-state index contributed by atoms with van der Waals surface area (Å²) < 4.78 is 21.8. The van der Waals surface area contributed by atoms with E-state index in [1.54, 1.807) is 23.7 Å². The minimum Gasteiger partial charge on any atom is -0.381 e. The van der Waals surface area contributed by atoms with Gasteiger partial charge in [0.05, 0.1) is 21.4 Å². The number of benzene rings is 1. The number of pyridine rings is 1. The number of ether oxygens (including phenoxy) is 1. The molecule has 0 aliphatic carbocycles. The Morgan fingerprint density at radius 2 is 2.00 bits per heavy atom. The lowest BCUT2D eigenvalue weighted by Crippen LogP contribution is -2.39. The summed E-state index contributed by atoms with van der Waals surface area (Å²) >= 11 is 2.96. The highest BCUT2D eigenvalue weighted by Gasteiger charge is 2.23. The predicted octanol–water partition coefficient (Wildman–Crippen LogP) is 5.39. The summed E-state index contributed by atoms with van der Waals surface area (Å²) in [6, 6.07) is 10.8. The largest absolute Gasteiger partial charge is 0.381 e. The van der Waals surface area contributed by atoms with E-state index in [2.05, 4.69) is 15.3 Å². The molecule has 1 aliphatic heterocycles. The van der Waals surface area contributed by atoms with Crippen molar-refractivity contribution in [3.05, 3.63) is 69.5 Å². The Morgan fingerprint density at radius 1 is 1.19 bits per heavy atom. The van der Waals surface area contributed by atoms with Crippen LogP contribution in [0.4, 0.5) is 4.39 Å². The van der Waals surface area contributed by atoms with E-state index in [9.17, 15) is 4.79 Å². The van der Waals surface area contributed by atoms with Crippen molar-refractivity contribution in [2.24, 2.45) is 0 Å². The lowest BCUT2D eigenvalue weighted by atomic mass is 10.00. The topological polar surface area (TPSA) is 64.1 Å². The number of fused-ring (bicyclic) bond motifs is 1. The fourth-order valence-electron chi connectivity index (χ4n) is 3.74. The van der Waals surface area contributed by atoms with E-state index in [4.69, 9.17) is 4.74 Å². The van der Waals surface area contributed by atoms with Crippen molar-refractivity contribution in [1.82, 2.24) is 15.3 Å². The second-order valence-electron chi connectivity index (χ2n) is 7.45. The lowest BCUT2D eigenvalue weighted by molar-refractivity contribution is 0.0694. The molecule has 5 rings (SSSR count). The summed E-state index contributed by atoms with van der Waals surface area (Å²) in [6.45, 7) is 1.27. The molecule has 1 unspecified atom stereocenters. The van der Waals surface area contributed by atoms with Crippen LogP contribution in [0, 0.1) is 0 Å². The predicted molar refractivity (Wildman–Crippen MR) is 121 cm³/mol. The molecule has 1 amide bonds. The standard InChI is InChI=1S/C23H20FN3O2S2/c24-21(15-3-1-14(2-4-15)20-12-30-13-25-20)17-11-19(27-18-7-10-31-22(17)18)23(28)26-16-5-8-29-9-6-16/h1-4,7,10-13,16,21H,5-6,8-9H2,(H,26,28). The molecule has 0 bridgehead atoms. The summed E-state index contributed by atoms with van der Waals surface area (Å²) in [4.78, 5) is 21.6. The zero-order chi connectivity index (χ0) is 21.2. The van der Waals surface area contributed by atoms with Crippen LogP contribution in [0.25, 0.3) is 21.5 Å². The summed E-state index contributed by atoms with van der Waals surface area (Å²) in [5.41, 5.74) is 5.50. The van der Waals surface area contributed by atoms with Crippen LogP contribution in [0.15, 0.2) is 52.7 Å². The van der Waals surface area contributed by atoms with Crippen molar-refractivity contribution in [3.8, 4) is 11.3 Å². The Morgan fingerprint density at radius 3 is 2.74 bits per heavy atom. The Kier molecular flexibility index (Phi) is 5.76. The van der Waals surface area contributed by atoms with Crippen LogP contribution in [-0.2, 0) is 4.74 Å². The molecule has 158 valence electrons. The van der Waals surface area contributed by atoms with Crippen LogP contribution in [-0.4, -0.2) is 35.1 Å². The molecule has 1 saturated heterocycles. The molecule has 1 fully saturated rings. The SMILES string of the molecule is O=C(NC1CCOCC1)c1cc(C(F)c2ccc(-c3cscn3)cc2)c2sccc2n1. The monoisotopic (exact) mass is 453 g/mol. The van der Waals surface area contributed by atoms with Crippen LogP contribution in [0.5, 0.6) is 0 Å². The van der Waals surface area contributed by atoms with Gasteiger partial charge in [-0.2, -0.15) is 0 Å². The number of rotatable bonds is 5. The summed E-state index contributed by atoms with van der Waals surface area (Å²) in [6.07, 6.45) is 0.190. The second-order valence-corrected chi connectivity index (χ2v) is 9.08. The van der Waals surface area contributed by atoms with Gasteiger partial charge in [-0.05, 0) is 35.9 Å². The number of carbonyl (C=O) groups excluding carboxylic acids is 1. The smallest absolute Gasteiger partial charge is 0.270 e. The third kappa shape index (κ3) is 4.23. The highest BCUT2D eigenvalue weighted by molar-refractivity contribution is 7.17. The van der Waals surface area contributed by atoms with E-state index in [0.717, 1.165) is 28.8 Å². The molecule has 8 heteroatoms. The highest BCUT2D eigenvalue weighted by atomic mass is 32.1. The van der Waals surface area contributed by atoms with Crippen molar-refractivity contribution in [2.75, 3.05) is 13.2 Å². The molecule has 1 aromatic carbocycles. The first-order chi connectivity index (χ1) is 15.2. The Balaban J connectivity index is 1.44. The average Bonchev–Trinajstić information content (AvgIpc) is 3.51. The number of carbonyl (C=O) groups is 1. The van der Waals surface area contributed by atoms with Gasteiger partial charge in [0.2, 0.25) is 0 Å². The summed E-state index contributed by atoms with van der Waals surface area (Å²) in [5.74, 6) is -0.271. The van der Waals surface area contributed by atoms with E-state index in [1.165, 1.54) is 22.7 Å². The molecule has 31 heavy (non-hydrogen) atoms. The second kappa shape index (κ2) is 8.82. The van der Waals surface area contributed by atoms with Gasteiger partial charge in [-0.3, -0.25) is 4.79 Å². The zero-order valence-corrected chi connectivity index (χ0v) is 18.2. The normalized spacial score (nSPS) is 15.8. The van der Waals surface area contributed by atoms with Gasteiger partial charge >= 0.3 is 0 Å². The molecule has 1 N–H and O–H groups in total. The number of alkyl halides is 1.